The van der Waals surface area contributed by atoms with E-state index in [2.05, 4.69) is 13.8 Å². The maximum Gasteiger partial charge on any atom is 0.254 e. The van der Waals surface area contributed by atoms with Crippen molar-refractivity contribution in [1.82, 2.24) is 4.90 Å². The molecular formula is C17H26N2O2. The molecule has 1 aromatic carbocycles. The number of anilines is 1. The fraction of sp³-hybridized carbons (Fsp3) is 0.588. The molecule has 1 fully saturated rings. The number of amides is 1. The van der Waals surface area contributed by atoms with Gasteiger partial charge in [0.25, 0.3) is 5.91 Å². The summed E-state index contributed by atoms with van der Waals surface area (Å²) in [4.78, 5) is 14.5. The van der Waals surface area contributed by atoms with Crippen LogP contribution in [0.2, 0.25) is 0 Å². The molecule has 2 N–H and O–H groups in total. The smallest absolute Gasteiger partial charge is 0.254 e. The molecule has 0 radical (unpaired) electrons. The van der Waals surface area contributed by atoms with Crippen molar-refractivity contribution in [2.24, 2.45) is 5.41 Å². The van der Waals surface area contributed by atoms with Gasteiger partial charge in [-0.25, -0.2) is 0 Å². The largest absolute Gasteiger partial charge is 0.497 e. The summed E-state index contributed by atoms with van der Waals surface area (Å²) in [6.45, 7) is 4.60. The Morgan fingerprint density at radius 2 is 1.90 bits per heavy atom. The van der Waals surface area contributed by atoms with Gasteiger partial charge in [-0.05, 0) is 43.2 Å². The molecule has 1 aromatic rings. The predicted octanol–water partition coefficient (Wildman–Crippen LogP) is 3.32. The van der Waals surface area contributed by atoms with E-state index in [1.165, 1.54) is 0 Å². The van der Waals surface area contributed by atoms with Crippen molar-refractivity contribution in [3.05, 3.63) is 23.8 Å². The van der Waals surface area contributed by atoms with Crippen molar-refractivity contribution >= 4 is 11.6 Å². The molecule has 0 unspecified atom stereocenters. The third-order valence-corrected chi connectivity index (χ3v) is 4.59. The van der Waals surface area contributed by atoms with Crippen LogP contribution in [0.3, 0.4) is 0 Å². The molecule has 1 aliphatic carbocycles. The zero-order valence-corrected chi connectivity index (χ0v) is 13.5. The lowest BCUT2D eigenvalue weighted by molar-refractivity contribution is 0.0635. The summed E-state index contributed by atoms with van der Waals surface area (Å²) in [5, 5.41) is 0. The fourth-order valence-corrected chi connectivity index (χ4v) is 3.00. The first kappa shape index (κ1) is 15.7. The number of nitrogens with zero attached hydrogens (tertiary/aromatic N) is 1. The fourth-order valence-electron chi connectivity index (χ4n) is 3.00. The summed E-state index contributed by atoms with van der Waals surface area (Å²) in [7, 11) is 3.47. The Bertz CT molecular complexity index is 516. The number of rotatable bonds is 3. The molecule has 21 heavy (non-hydrogen) atoms. The third kappa shape index (κ3) is 3.69. The average Bonchev–Trinajstić information content (AvgIpc) is 2.45. The SMILES string of the molecule is COc1cc(N)cc(C(=O)N(C)C2CCC(C)(C)CC2)c1. The van der Waals surface area contributed by atoms with E-state index in [-0.39, 0.29) is 5.91 Å². The first-order valence-electron chi connectivity index (χ1n) is 7.54. The predicted molar refractivity (Wildman–Crippen MR) is 85.5 cm³/mol. The average molecular weight is 290 g/mol. The molecule has 1 amide bonds. The van der Waals surface area contributed by atoms with Gasteiger partial charge in [-0.1, -0.05) is 13.8 Å². The topological polar surface area (TPSA) is 55.6 Å². The minimum absolute atomic E-state index is 0.0188. The van der Waals surface area contributed by atoms with Crippen LogP contribution in [0.1, 0.15) is 49.9 Å². The Morgan fingerprint density at radius 1 is 1.29 bits per heavy atom. The molecule has 0 heterocycles. The molecule has 0 bridgehead atoms. The summed E-state index contributed by atoms with van der Waals surface area (Å²) in [6.07, 6.45) is 4.45. The molecule has 2 rings (SSSR count). The highest BCUT2D eigenvalue weighted by Crippen LogP contribution is 2.37. The quantitative estimate of drug-likeness (QED) is 0.869. The van der Waals surface area contributed by atoms with E-state index in [1.54, 1.807) is 25.3 Å². The number of carbonyl (C=O) groups excluding carboxylic acids is 1. The van der Waals surface area contributed by atoms with Gasteiger partial charge in [0.15, 0.2) is 0 Å². The van der Waals surface area contributed by atoms with Crippen LogP contribution < -0.4 is 10.5 Å². The molecule has 0 spiro atoms. The molecule has 1 aliphatic rings. The number of benzene rings is 1. The highest BCUT2D eigenvalue weighted by atomic mass is 16.5. The summed E-state index contributed by atoms with van der Waals surface area (Å²) in [6, 6.07) is 5.51. The second kappa shape index (κ2) is 5.96. The lowest BCUT2D eigenvalue weighted by Gasteiger charge is -2.38. The van der Waals surface area contributed by atoms with Gasteiger partial charge < -0.3 is 15.4 Å². The second-order valence-corrected chi connectivity index (χ2v) is 6.81. The van der Waals surface area contributed by atoms with Crippen LogP contribution in [0.5, 0.6) is 5.75 Å². The standard InChI is InChI=1S/C17H26N2O2/c1-17(2)7-5-14(6-8-17)19(3)16(20)12-9-13(18)11-15(10-12)21-4/h9-11,14H,5-8,18H2,1-4H3. The lowest BCUT2D eigenvalue weighted by atomic mass is 9.75. The van der Waals surface area contributed by atoms with Crippen molar-refractivity contribution in [3.63, 3.8) is 0 Å². The summed E-state index contributed by atoms with van der Waals surface area (Å²) in [5.74, 6) is 0.641. The Morgan fingerprint density at radius 3 is 2.48 bits per heavy atom. The summed E-state index contributed by atoms with van der Waals surface area (Å²) >= 11 is 0. The van der Waals surface area contributed by atoms with Gasteiger partial charge in [0.2, 0.25) is 0 Å². The van der Waals surface area contributed by atoms with E-state index >= 15 is 0 Å². The summed E-state index contributed by atoms with van der Waals surface area (Å²) < 4.78 is 5.19. The number of carbonyl (C=O) groups is 1. The lowest BCUT2D eigenvalue weighted by Crippen LogP contribution is -2.40. The van der Waals surface area contributed by atoms with E-state index in [1.807, 2.05) is 11.9 Å². The zero-order valence-electron chi connectivity index (χ0n) is 13.5. The molecule has 1 saturated carbocycles. The van der Waals surface area contributed by atoms with Crippen LogP contribution in [0.4, 0.5) is 5.69 Å². The van der Waals surface area contributed by atoms with Gasteiger partial charge in [-0.2, -0.15) is 0 Å². The Hall–Kier alpha value is -1.71. The number of hydrogen-bond acceptors (Lipinski definition) is 3. The number of ether oxygens (including phenoxy) is 1. The number of nitrogens with two attached hydrogens (primary N) is 1. The Balaban J connectivity index is 2.11. The van der Waals surface area contributed by atoms with Crippen molar-refractivity contribution in [2.45, 2.75) is 45.6 Å². The van der Waals surface area contributed by atoms with E-state index in [4.69, 9.17) is 10.5 Å². The van der Waals surface area contributed by atoms with Crippen molar-refractivity contribution in [1.29, 1.82) is 0 Å². The molecule has 0 saturated heterocycles. The van der Waals surface area contributed by atoms with Gasteiger partial charge in [-0.3, -0.25) is 4.79 Å². The maximum absolute atomic E-state index is 12.6. The highest BCUT2D eigenvalue weighted by molar-refractivity contribution is 5.95. The zero-order chi connectivity index (χ0) is 15.6. The van der Waals surface area contributed by atoms with E-state index < -0.39 is 0 Å². The molecule has 0 aliphatic heterocycles. The normalized spacial score (nSPS) is 18.3. The van der Waals surface area contributed by atoms with Gasteiger partial charge in [0.1, 0.15) is 5.75 Å². The van der Waals surface area contributed by atoms with Crippen LogP contribution in [0, 0.1) is 5.41 Å². The van der Waals surface area contributed by atoms with Gasteiger partial charge in [0, 0.05) is 30.4 Å². The Labute approximate surface area is 127 Å². The minimum atomic E-state index is 0.0188. The molecule has 0 aromatic heterocycles. The van der Waals surface area contributed by atoms with Gasteiger partial charge >= 0.3 is 0 Å². The maximum atomic E-state index is 12.6. The molecule has 0 atom stereocenters. The second-order valence-electron chi connectivity index (χ2n) is 6.81. The van der Waals surface area contributed by atoms with E-state index in [0.717, 1.165) is 25.7 Å². The Kier molecular flexibility index (Phi) is 4.45. The number of hydrogen-bond donors (Lipinski definition) is 1. The molecule has 116 valence electrons. The van der Waals surface area contributed by atoms with E-state index in [0.29, 0.717) is 28.5 Å². The van der Waals surface area contributed by atoms with Crippen molar-refractivity contribution in [3.8, 4) is 5.75 Å². The van der Waals surface area contributed by atoms with Crippen LogP contribution in [-0.2, 0) is 0 Å². The molecular weight excluding hydrogens is 264 g/mol. The van der Waals surface area contributed by atoms with E-state index in [9.17, 15) is 4.79 Å². The first-order valence-corrected chi connectivity index (χ1v) is 7.54. The molecule has 4 heteroatoms. The summed E-state index contributed by atoms with van der Waals surface area (Å²) in [5.41, 5.74) is 7.39. The van der Waals surface area contributed by atoms with Crippen LogP contribution >= 0.6 is 0 Å². The van der Waals surface area contributed by atoms with Crippen molar-refractivity contribution < 1.29 is 9.53 Å². The molecule has 4 nitrogen and oxygen atoms in total. The van der Waals surface area contributed by atoms with Gasteiger partial charge in [-0.15, -0.1) is 0 Å². The highest BCUT2D eigenvalue weighted by Gasteiger charge is 2.30. The number of methoxy groups -OCH3 is 1. The first-order chi connectivity index (χ1) is 9.82. The van der Waals surface area contributed by atoms with Crippen LogP contribution in [0.15, 0.2) is 18.2 Å². The monoisotopic (exact) mass is 290 g/mol. The number of nitrogen functional groups attached to an aromatic ring is 1. The van der Waals surface area contributed by atoms with Gasteiger partial charge in [0.05, 0.1) is 7.11 Å². The van der Waals surface area contributed by atoms with Crippen molar-refractivity contribution in [2.75, 3.05) is 19.9 Å². The third-order valence-electron chi connectivity index (χ3n) is 4.59. The minimum Gasteiger partial charge on any atom is -0.497 e. The van der Waals surface area contributed by atoms with Crippen LogP contribution in [-0.4, -0.2) is 31.0 Å². The van der Waals surface area contributed by atoms with Crippen LogP contribution in [0.25, 0.3) is 0 Å².